The van der Waals surface area contributed by atoms with Gasteiger partial charge in [0.15, 0.2) is 0 Å². The molecule has 0 aliphatic carbocycles. The van der Waals surface area contributed by atoms with Crippen molar-refractivity contribution in [2.45, 2.75) is 39.3 Å². The minimum absolute atomic E-state index is 0.101. The molecule has 1 aromatic heterocycles. The molecule has 2 aromatic carbocycles. The molecule has 27 heavy (non-hydrogen) atoms. The zero-order chi connectivity index (χ0) is 19.2. The molecule has 3 aromatic rings. The third-order valence-corrected chi connectivity index (χ3v) is 5.88. The normalized spacial score (nSPS) is 12.0. The van der Waals surface area contributed by atoms with Crippen LogP contribution in [0.4, 0.5) is 0 Å². The standard InChI is InChI=1S/C22H23ClN2OS/c1-3-16(2)25(14-17-9-5-4-6-10-17)21(26)13-18-15-27-22(24-18)19-11-7-8-12-20(19)23/h4-12,15-16H,3,13-14H2,1-2H3. The fourth-order valence-corrected chi connectivity index (χ4v) is 4.03. The van der Waals surface area contributed by atoms with E-state index in [1.165, 1.54) is 11.3 Å². The molecule has 0 spiro atoms. The number of carbonyl (C=O) groups is 1. The minimum atomic E-state index is 0.101. The molecular formula is C22H23ClN2OS. The smallest absolute Gasteiger partial charge is 0.229 e. The number of rotatable bonds is 7. The monoisotopic (exact) mass is 398 g/mol. The first-order valence-electron chi connectivity index (χ1n) is 9.11. The van der Waals surface area contributed by atoms with Gasteiger partial charge in [-0.3, -0.25) is 4.79 Å². The second-order valence-electron chi connectivity index (χ2n) is 6.57. The van der Waals surface area contributed by atoms with Gasteiger partial charge in [0.25, 0.3) is 0 Å². The Morgan fingerprint density at radius 3 is 2.56 bits per heavy atom. The van der Waals surface area contributed by atoms with Crippen LogP contribution >= 0.6 is 22.9 Å². The maximum atomic E-state index is 13.0. The summed E-state index contributed by atoms with van der Waals surface area (Å²) < 4.78 is 0. The summed E-state index contributed by atoms with van der Waals surface area (Å²) in [6, 6.07) is 17.9. The van der Waals surface area contributed by atoms with Crippen LogP contribution in [0, 0.1) is 0 Å². The van der Waals surface area contributed by atoms with E-state index in [0.29, 0.717) is 18.0 Å². The Morgan fingerprint density at radius 1 is 1.15 bits per heavy atom. The van der Waals surface area contributed by atoms with Crippen molar-refractivity contribution >= 4 is 28.8 Å². The van der Waals surface area contributed by atoms with Crippen molar-refractivity contribution in [1.82, 2.24) is 9.88 Å². The molecular weight excluding hydrogens is 376 g/mol. The van der Waals surface area contributed by atoms with Crippen LogP contribution in [0.25, 0.3) is 10.6 Å². The molecule has 3 rings (SSSR count). The number of benzene rings is 2. The number of carbonyl (C=O) groups excluding carboxylic acids is 1. The van der Waals surface area contributed by atoms with Crippen LogP contribution < -0.4 is 0 Å². The van der Waals surface area contributed by atoms with Gasteiger partial charge in [-0.15, -0.1) is 11.3 Å². The number of amides is 1. The van der Waals surface area contributed by atoms with E-state index in [1.54, 1.807) is 0 Å². The van der Waals surface area contributed by atoms with Crippen LogP contribution in [0.15, 0.2) is 60.0 Å². The van der Waals surface area contributed by atoms with E-state index in [0.717, 1.165) is 28.2 Å². The van der Waals surface area contributed by atoms with E-state index in [-0.39, 0.29) is 11.9 Å². The summed E-state index contributed by atoms with van der Waals surface area (Å²) in [7, 11) is 0. The van der Waals surface area contributed by atoms with E-state index in [2.05, 4.69) is 31.0 Å². The number of aromatic nitrogens is 1. The van der Waals surface area contributed by atoms with Crippen LogP contribution in [0.2, 0.25) is 5.02 Å². The molecule has 1 heterocycles. The summed E-state index contributed by atoms with van der Waals surface area (Å²) in [5.41, 5.74) is 2.84. The molecule has 0 saturated carbocycles. The van der Waals surface area contributed by atoms with Gasteiger partial charge in [0.2, 0.25) is 5.91 Å². The number of thiazole rings is 1. The van der Waals surface area contributed by atoms with Gasteiger partial charge in [-0.2, -0.15) is 0 Å². The third kappa shape index (κ3) is 4.96. The Morgan fingerprint density at radius 2 is 1.85 bits per heavy atom. The molecule has 0 radical (unpaired) electrons. The van der Waals surface area contributed by atoms with Gasteiger partial charge in [0, 0.05) is 23.5 Å². The molecule has 0 saturated heterocycles. The van der Waals surface area contributed by atoms with Crippen LogP contribution in [0.5, 0.6) is 0 Å². The van der Waals surface area contributed by atoms with Crippen molar-refractivity contribution in [3.8, 4) is 10.6 Å². The lowest BCUT2D eigenvalue weighted by Crippen LogP contribution is -2.38. The average Bonchev–Trinajstić information content (AvgIpc) is 3.14. The molecule has 3 nitrogen and oxygen atoms in total. The Balaban J connectivity index is 1.75. The highest BCUT2D eigenvalue weighted by Crippen LogP contribution is 2.30. The van der Waals surface area contributed by atoms with E-state index >= 15 is 0 Å². The summed E-state index contributed by atoms with van der Waals surface area (Å²) in [5, 5.41) is 3.48. The summed E-state index contributed by atoms with van der Waals surface area (Å²) in [4.78, 5) is 19.6. The summed E-state index contributed by atoms with van der Waals surface area (Å²) in [6.45, 7) is 4.82. The van der Waals surface area contributed by atoms with Gasteiger partial charge in [0.1, 0.15) is 5.01 Å². The molecule has 140 valence electrons. The fourth-order valence-electron chi connectivity index (χ4n) is 2.89. The van der Waals surface area contributed by atoms with Crippen LogP contribution in [0.3, 0.4) is 0 Å². The average molecular weight is 399 g/mol. The van der Waals surface area contributed by atoms with E-state index in [4.69, 9.17) is 11.6 Å². The van der Waals surface area contributed by atoms with Crippen molar-refractivity contribution in [2.75, 3.05) is 0 Å². The molecule has 0 aliphatic heterocycles. The van der Waals surface area contributed by atoms with E-state index in [9.17, 15) is 4.79 Å². The topological polar surface area (TPSA) is 33.2 Å². The highest BCUT2D eigenvalue weighted by Gasteiger charge is 2.21. The highest BCUT2D eigenvalue weighted by atomic mass is 35.5. The predicted octanol–water partition coefficient (Wildman–Crippen LogP) is 5.83. The first kappa shape index (κ1) is 19.6. The van der Waals surface area contributed by atoms with Gasteiger partial charge in [0.05, 0.1) is 17.1 Å². The first-order chi connectivity index (χ1) is 13.1. The van der Waals surface area contributed by atoms with Gasteiger partial charge in [-0.05, 0) is 25.0 Å². The van der Waals surface area contributed by atoms with Crippen LogP contribution in [-0.2, 0) is 17.8 Å². The SMILES string of the molecule is CCC(C)N(Cc1ccccc1)C(=O)Cc1csc(-c2ccccc2Cl)n1. The third-order valence-electron chi connectivity index (χ3n) is 4.63. The number of hydrogen-bond acceptors (Lipinski definition) is 3. The lowest BCUT2D eigenvalue weighted by molar-refractivity contribution is -0.133. The minimum Gasteiger partial charge on any atom is -0.335 e. The largest absolute Gasteiger partial charge is 0.335 e. The summed E-state index contributed by atoms with van der Waals surface area (Å²) in [5.74, 6) is 0.101. The molecule has 0 bridgehead atoms. The zero-order valence-electron chi connectivity index (χ0n) is 15.6. The Hall–Kier alpha value is -2.17. The van der Waals surface area contributed by atoms with Crippen molar-refractivity contribution in [3.63, 3.8) is 0 Å². The van der Waals surface area contributed by atoms with E-state index < -0.39 is 0 Å². The van der Waals surface area contributed by atoms with Crippen LogP contribution in [-0.4, -0.2) is 21.8 Å². The summed E-state index contributed by atoms with van der Waals surface area (Å²) in [6.07, 6.45) is 1.22. The fraction of sp³-hybridized carbons (Fsp3) is 0.273. The Labute approximate surface area is 169 Å². The maximum Gasteiger partial charge on any atom is 0.229 e. The number of hydrogen-bond donors (Lipinski definition) is 0. The first-order valence-corrected chi connectivity index (χ1v) is 10.4. The molecule has 1 atom stereocenters. The maximum absolute atomic E-state index is 13.0. The molecule has 0 fully saturated rings. The molecule has 1 unspecified atom stereocenters. The Bertz CT molecular complexity index is 894. The molecule has 0 aliphatic rings. The van der Waals surface area contributed by atoms with Gasteiger partial charge in [-0.1, -0.05) is 67.1 Å². The molecule has 0 N–H and O–H groups in total. The summed E-state index contributed by atoms with van der Waals surface area (Å²) >= 11 is 7.79. The lowest BCUT2D eigenvalue weighted by Gasteiger charge is -2.28. The number of nitrogens with zero attached hydrogens (tertiary/aromatic N) is 2. The van der Waals surface area contributed by atoms with Crippen molar-refractivity contribution in [1.29, 1.82) is 0 Å². The predicted molar refractivity (Wildman–Crippen MR) is 113 cm³/mol. The molecule has 1 amide bonds. The second-order valence-corrected chi connectivity index (χ2v) is 7.83. The Kier molecular flexibility index (Phi) is 6.64. The van der Waals surface area contributed by atoms with Gasteiger partial charge < -0.3 is 4.90 Å². The van der Waals surface area contributed by atoms with Gasteiger partial charge >= 0.3 is 0 Å². The zero-order valence-corrected chi connectivity index (χ0v) is 17.1. The quantitative estimate of drug-likeness (QED) is 0.501. The van der Waals surface area contributed by atoms with Crippen LogP contribution in [0.1, 0.15) is 31.5 Å². The van der Waals surface area contributed by atoms with E-state index in [1.807, 2.05) is 52.7 Å². The van der Waals surface area contributed by atoms with Crippen molar-refractivity contribution < 1.29 is 4.79 Å². The number of halogens is 1. The van der Waals surface area contributed by atoms with Crippen molar-refractivity contribution in [3.05, 3.63) is 76.3 Å². The van der Waals surface area contributed by atoms with Gasteiger partial charge in [-0.25, -0.2) is 4.98 Å². The second kappa shape index (κ2) is 9.16. The highest BCUT2D eigenvalue weighted by molar-refractivity contribution is 7.13. The lowest BCUT2D eigenvalue weighted by atomic mass is 10.1. The molecule has 5 heteroatoms. The van der Waals surface area contributed by atoms with Crippen molar-refractivity contribution in [2.24, 2.45) is 0 Å².